The Labute approximate surface area is 106 Å². The normalized spacial score (nSPS) is 18.8. The topological polar surface area (TPSA) is 81.2 Å². The number of hydrogen-bond acceptors (Lipinski definition) is 5. The van der Waals surface area contributed by atoms with Crippen molar-refractivity contribution >= 4 is 0 Å². The van der Waals surface area contributed by atoms with Crippen LogP contribution in [-0.2, 0) is 6.42 Å². The molecule has 1 saturated heterocycles. The fourth-order valence-electron chi connectivity index (χ4n) is 2.26. The van der Waals surface area contributed by atoms with E-state index in [4.69, 9.17) is 0 Å². The Kier molecular flexibility index (Phi) is 3.98. The summed E-state index contributed by atoms with van der Waals surface area (Å²) in [7, 11) is 0. The molecule has 1 aromatic heterocycles. The highest BCUT2D eigenvalue weighted by atomic mass is 16.3. The highest BCUT2D eigenvalue weighted by Gasteiger charge is 2.21. The summed E-state index contributed by atoms with van der Waals surface area (Å²) in [5.74, 6) is 0.398. The Hall–Kier alpha value is -1.40. The second kappa shape index (κ2) is 5.49. The molecule has 1 atom stereocenters. The Bertz CT molecular complexity index is 466. The maximum Gasteiger partial charge on any atom is 0.257 e. The van der Waals surface area contributed by atoms with Crippen LogP contribution < -0.4 is 10.9 Å². The van der Waals surface area contributed by atoms with Crippen molar-refractivity contribution in [3.05, 3.63) is 21.7 Å². The molecule has 6 nitrogen and oxygen atoms in total. The van der Waals surface area contributed by atoms with Crippen LogP contribution in [0.15, 0.2) is 4.79 Å². The number of nitrogens with zero attached hydrogens (tertiary/aromatic N) is 2. The average Bonchev–Trinajstić information content (AvgIpc) is 2.38. The van der Waals surface area contributed by atoms with Crippen LogP contribution in [0.2, 0.25) is 0 Å². The van der Waals surface area contributed by atoms with E-state index in [1.54, 1.807) is 0 Å². The molecule has 6 heteroatoms. The molecule has 2 heterocycles. The average molecular weight is 252 g/mol. The molecular formula is C12H20N4O2. The first-order valence-corrected chi connectivity index (χ1v) is 6.40. The minimum atomic E-state index is -0.234. The summed E-state index contributed by atoms with van der Waals surface area (Å²) in [4.78, 5) is 20.9. The zero-order valence-corrected chi connectivity index (χ0v) is 10.9. The molecule has 3 N–H and O–H groups in total. The number of aromatic amines is 1. The van der Waals surface area contributed by atoms with Crippen molar-refractivity contribution in [1.29, 1.82) is 0 Å². The van der Waals surface area contributed by atoms with E-state index in [9.17, 15) is 9.90 Å². The van der Waals surface area contributed by atoms with E-state index < -0.39 is 0 Å². The van der Waals surface area contributed by atoms with Crippen LogP contribution in [-0.4, -0.2) is 46.2 Å². The lowest BCUT2D eigenvalue weighted by atomic mass is 10.2. The molecule has 0 aromatic carbocycles. The van der Waals surface area contributed by atoms with E-state index in [1.165, 1.54) is 0 Å². The summed E-state index contributed by atoms with van der Waals surface area (Å²) in [6.45, 7) is 7.53. The molecule has 0 bridgehead atoms. The Morgan fingerprint density at radius 1 is 1.44 bits per heavy atom. The monoisotopic (exact) mass is 252 g/mol. The van der Waals surface area contributed by atoms with Gasteiger partial charge in [0.05, 0.1) is 11.6 Å². The standard InChI is InChI=1S/C12H20N4O2/c1-3-9-11(17)14-10(15-12(9)18)8(2)16-6-4-13-5-7-16/h8,13H,3-7H2,1-2H3,(H2,14,15,17,18). The molecule has 0 radical (unpaired) electrons. The lowest BCUT2D eigenvalue weighted by Gasteiger charge is -2.32. The van der Waals surface area contributed by atoms with Crippen LogP contribution in [0, 0.1) is 0 Å². The predicted octanol–water partition coefficient (Wildman–Crippen LogP) is 0.00410. The summed E-state index contributed by atoms with van der Waals surface area (Å²) in [6, 6.07) is 0.0107. The summed E-state index contributed by atoms with van der Waals surface area (Å²) < 4.78 is 0. The maximum absolute atomic E-state index is 11.8. The van der Waals surface area contributed by atoms with Crippen molar-refractivity contribution in [2.24, 2.45) is 0 Å². The lowest BCUT2D eigenvalue weighted by molar-refractivity contribution is 0.178. The van der Waals surface area contributed by atoms with Crippen LogP contribution in [0.1, 0.15) is 31.3 Å². The number of nitrogens with one attached hydrogen (secondary N) is 2. The molecule has 100 valence electrons. The first-order valence-electron chi connectivity index (χ1n) is 6.40. The first-order chi connectivity index (χ1) is 8.63. The minimum Gasteiger partial charge on any atom is -0.493 e. The van der Waals surface area contributed by atoms with E-state index in [0.29, 0.717) is 17.8 Å². The third kappa shape index (κ3) is 2.54. The number of piperazine rings is 1. The Balaban J connectivity index is 2.25. The van der Waals surface area contributed by atoms with Gasteiger partial charge >= 0.3 is 0 Å². The molecule has 1 unspecified atom stereocenters. The van der Waals surface area contributed by atoms with Gasteiger partial charge in [0.1, 0.15) is 5.82 Å². The molecule has 0 spiro atoms. The van der Waals surface area contributed by atoms with Crippen molar-refractivity contribution < 1.29 is 5.11 Å². The van der Waals surface area contributed by atoms with Gasteiger partial charge in [-0.3, -0.25) is 9.69 Å². The van der Waals surface area contributed by atoms with Crippen molar-refractivity contribution in [2.45, 2.75) is 26.3 Å². The third-order valence-corrected chi connectivity index (χ3v) is 3.46. The fourth-order valence-corrected chi connectivity index (χ4v) is 2.26. The number of rotatable bonds is 3. The minimum absolute atomic E-state index is 0.0107. The van der Waals surface area contributed by atoms with Crippen molar-refractivity contribution in [2.75, 3.05) is 26.2 Å². The lowest BCUT2D eigenvalue weighted by Crippen LogP contribution is -2.45. The van der Waals surface area contributed by atoms with Crippen molar-refractivity contribution in [3.8, 4) is 5.88 Å². The summed E-state index contributed by atoms with van der Waals surface area (Å²) in [6.07, 6.45) is 0.483. The smallest absolute Gasteiger partial charge is 0.257 e. The largest absolute Gasteiger partial charge is 0.493 e. The van der Waals surface area contributed by atoms with E-state index in [0.717, 1.165) is 26.2 Å². The molecule has 1 aliphatic rings. The zero-order valence-electron chi connectivity index (χ0n) is 10.9. The Morgan fingerprint density at radius 3 is 2.67 bits per heavy atom. The fraction of sp³-hybridized carbons (Fsp3) is 0.667. The van der Waals surface area contributed by atoms with Crippen LogP contribution in [0.3, 0.4) is 0 Å². The van der Waals surface area contributed by atoms with Crippen molar-refractivity contribution in [3.63, 3.8) is 0 Å². The van der Waals surface area contributed by atoms with Gasteiger partial charge in [-0.05, 0) is 13.3 Å². The highest BCUT2D eigenvalue weighted by Crippen LogP contribution is 2.18. The molecule has 1 aliphatic heterocycles. The molecule has 18 heavy (non-hydrogen) atoms. The van der Waals surface area contributed by atoms with Gasteiger partial charge in [-0.2, -0.15) is 4.98 Å². The van der Waals surface area contributed by atoms with Gasteiger partial charge in [0.25, 0.3) is 5.56 Å². The third-order valence-electron chi connectivity index (χ3n) is 3.46. The van der Waals surface area contributed by atoms with Gasteiger partial charge < -0.3 is 15.4 Å². The first kappa shape index (κ1) is 13.0. The molecule has 1 aromatic rings. The number of aromatic hydroxyl groups is 1. The Morgan fingerprint density at radius 2 is 2.11 bits per heavy atom. The number of hydrogen-bond donors (Lipinski definition) is 3. The van der Waals surface area contributed by atoms with Crippen LogP contribution in [0.25, 0.3) is 0 Å². The SMILES string of the molecule is CCc1c(O)nc(C(C)N2CCNCC2)[nH]c1=O. The molecule has 0 amide bonds. The summed E-state index contributed by atoms with van der Waals surface area (Å²) in [5.41, 5.74) is 0.119. The van der Waals surface area contributed by atoms with Gasteiger partial charge in [0, 0.05) is 26.2 Å². The second-order valence-electron chi connectivity index (χ2n) is 4.57. The maximum atomic E-state index is 11.8. The second-order valence-corrected chi connectivity index (χ2v) is 4.57. The van der Waals surface area contributed by atoms with E-state index >= 15 is 0 Å². The van der Waals surface area contributed by atoms with Gasteiger partial charge in [-0.25, -0.2) is 0 Å². The molecule has 1 fully saturated rings. The van der Waals surface area contributed by atoms with E-state index in [1.807, 2.05) is 13.8 Å². The molecule has 2 rings (SSSR count). The van der Waals surface area contributed by atoms with Gasteiger partial charge in [0.15, 0.2) is 0 Å². The molecule has 0 saturated carbocycles. The van der Waals surface area contributed by atoms with Crippen LogP contribution in [0.4, 0.5) is 0 Å². The zero-order chi connectivity index (χ0) is 13.1. The summed E-state index contributed by atoms with van der Waals surface area (Å²) in [5, 5.41) is 13.0. The summed E-state index contributed by atoms with van der Waals surface area (Å²) >= 11 is 0. The molecule has 0 aliphatic carbocycles. The van der Waals surface area contributed by atoms with Gasteiger partial charge in [-0.15, -0.1) is 0 Å². The van der Waals surface area contributed by atoms with Gasteiger partial charge in [-0.1, -0.05) is 6.92 Å². The quantitative estimate of drug-likeness (QED) is 0.705. The number of H-pyrrole nitrogens is 1. The number of aromatic nitrogens is 2. The van der Waals surface area contributed by atoms with Crippen LogP contribution >= 0.6 is 0 Å². The van der Waals surface area contributed by atoms with Crippen molar-refractivity contribution in [1.82, 2.24) is 20.2 Å². The predicted molar refractivity (Wildman–Crippen MR) is 68.8 cm³/mol. The molecular weight excluding hydrogens is 232 g/mol. The highest BCUT2D eigenvalue weighted by molar-refractivity contribution is 5.22. The van der Waals surface area contributed by atoms with Gasteiger partial charge in [0.2, 0.25) is 5.88 Å². The van der Waals surface area contributed by atoms with E-state index in [-0.39, 0.29) is 17.5 Å². The van der Waals surface area contributed by atoms with Crippen LogP contribution in [0.5, 0.6) is 5.88 Å². The van der Waals surface area contributed by atoms with E-state index in [2.05, 4.69) is 20.2 Å².